The summed E-state index contributed by atoms with van der Waals surface area (Å²) in [5.41, 5.74) is 2.12. The van der Waals surface area contributed by atoms with Crippen molar-refractivity contribution in [1.29, 1.82) is 0 Å². The number of aliphatic hydroxyl groups excluding tert-OH is 1. The molecule has 4 heteroatoms. The number of hydrogen-bond donors (Lipinski definition) is 2. The fourth-order valence-corrected chi connectivity index (χ4v) is 2.54. The number of aliphatic hydroxyl groups is 1. The average Bonchev–Trinajstić information content (AvgIpc) is 2.56. The second kappa shape index (κ2) is 8.41. The highest BCUT2D eigenvalue weighted by molar-refractivity contribution is 5.63. The van der Waals surface area contributed by atoms with Gasteiger partial charge in [-0.25, -0.2) is 0 Å². The summed E-state index contributed by atoms with van der Waals surface area (Å²) in [6, 6.07) is 8.16. The third-order valence-corrected chi connectivity index (χ3v) is 3.82. The van der Waals surface area contributed by atoms with Gasteiger partial charge in [-0.15, -0.1) is 0 Å². The molecule has 1 aromatic carbocycles. The van der Waals surface area contributed by atoms with E-state index in [9.17, 15) is 5.11 Å². The fraction of sp³-hybridized carbons (Fsp3) is 0.333. The summed E-state index contributed by atoms with van der Waals surface area (Å²) >= 11 is 0. The number of nitrogens with two attached hydrogens (primary N) is 1. The van der Waals surface area contributed by atoms with Crippen LogP contribution in [0.15, 0.2) is 55.1 Å². The van der Waals surface area contributed by atoms with E-state index < -0.39 is 0 Å². The third-order valence-electron chi connectivity index (χ3n) is 3.82. The Bertz CT molecular complexity index is 527. The molecule has 0 atom stereocenters. The Balaban J connectivity index is 2.03. The van der Waals surface area contributed by atoms with E-state index in [2.05, 4.69) is 23.6 Å². The first-order chi connectivity index (χ1) is 10.7. The smallest absolute Gasteiger partial charge is 0.150 e. The first kappa shape index (κ1) is 16.3. The van der Waals surface area contributed by atoms with Gasteiger partial charge in [-0.1, -0.05) is 24.8 Å². The number of anilines is 1. The second-order valence-corrected chi connectivity index (χ2v) is 5.35. The van der Waals surface area contributed by atoms with Crippen LogP contribution in [0.1, 0.15) is 24.8 Å². The molecule has 0 aliphatic carbocycles. The van der Waals surface area contributed by atoms with Crippen molar-refractivity contribution in [2.24, 2.45) is 5.90 Å². The van der Waals surface area contributed by atoms with Crippen LogP contribution in [0.3, 0.4) is 0 Å². The van der Waals surface area contributed by atoms with Gasteiger partial charge in [0, 0.05) is 24.3 Å². The van der Waals surface area contributed by atoms with Crippen LogP contribution >= 0.6 is 0 Å². The Hall–Kier alpha value is -2.04. The normalized spacial score (nSPS) is 17.0. The van der Waals surface area contributed by atoms with Gasteiger partial charge >= 0.3 is 0 Å². The first-order valence-corrected chi connectivity index (χ1v) is 7.62. The molecule has 1 aliphatic heterocycles. The van der Waals surface area contributed by atoms with Crippen molar-refractivity contribution in [1.82, 2.24) is 0 Å². The van der Waals surface area contributed by atoms with Gasteiger partial charge in [-0.3, -0.25) is 0 Å². The van der Waals surface area contributed by atoms with Crippen LogP contribution in [0.5, 0.6) is 0 Å². The van der Waals surface area contributed by atoms with E-state index in [0.717, 1.165) is 37.9 Å². The van der Waals surface area contributed by atoms with E-state index in [4.69, 9.17) is 10.7 Å². The molecule has 0 saturated carbocycles. The summed E-state index contributed by atoms with van der Waals surface area (Å²) < 4.78 is 0. The highest BCUT2D eigenvalue weighted by Crippen LogP contribution is 2.23. The summed E-state index contributed by atoms with van der Waals surface area (Å²) in [7, 11) is 0. The zero-order valence-corrected chi connectivity index (χ0v) is 12.8. The lowest BCUT2D eigenvalue weighted by molar-refractivity contribution is 0.145. The van der Waals surface area contributed by atoms with Crippen LogP contribution in [-0.2, 0) is 4.84 Å². The number of rotatable bonds is 6. The summed E-state index contributed by atoms with van der Waals surface area (Å²) in [5, 5.41) is 9.57. The standard InChI is InChI=1S/C18H24N2O2/c1-2-3-4-5-6-18(22-19)15-7-9-16(10-8-15)20-13-11-17(21)12-14-20/h2-4,6-10,17,21H,1,5,11-14,19H2/b4-3-,18-6-. The fourth-order valence-electron chi connectivity index (χ4n) is 2.54. The molecular weight excluding hydrogens is 276 g/mol. The van der Waals surface area contributed by atoms with Crippen molar-refractivity contribution in [2.75, 3.05) is 18.0 Å². The Morgan fingerprint density at radius 2 is 2.00 bits per heavy atom. The van der Waals surface area contributed by atoms with Gasteiger partial charge in [0.1, 0.15) is 5.76 Å². The lowest BCUT2D eigenvalue weighted by Crippen LogP contribution is -2.35. The quantitative estimate of drug-likeness (QED) is 0.482. The van der Waals surface area contributed by atoms with Crippen LogP contribution < -0.4 is 10.8 Å². The van der Waals surface area contributed by atoms with Crippen molar-refractivity contribution in [2.45, 2.75) is 25.4 Å². The molecule has 0 unspecified atom stereocenters. The van der Waals surface area contributed by atoms with Crippen LogP contribution in [0.4, 0.5) is 5.69 Å². The van der Waals surface area contributed by atoms with E-state index in [0.29, 0.717) is 5.76 Å². The summed E-state index contributed by atoms with van der Waals surface area (Å²) in [6.45, 7) is 5.41. The lowest BCUT2D eigenvalue weighted by Gasteiger charge is -2.31. The highest BCUT2D eigenvalue weighted by atomic mass is 16.6. The van der Waals surface area contributed by atoms with Crippen LogP contribution in [0.25, 0.3) is 5.76 Å². The van der Waals surface area contributed by atoms with Gasteiger partial charge in [-0.2, -0.15) is 5.90 Å². The van der Waals surface area contributed by atoms with E-state index >= 15 is 0 Å². The zero-order chi connectivity index (χ0) is 15.8. The summed E-state index contributed by atoms with van der Waals surface area (Å²) in [4.78, 5) is 7.26. The molecule has 1 fully saturated rings. The zero-order valence-electron chi connectivity index (χ0n) is 12.8. The Labute approximate surface area is 132 Å². The monoisotopic (exact) mass is 300 g/mol. The number of allylic oxidation sites excluding steroid dienone is 4. The van der Waals surface area contributed by atoms with Gasteiger partial charge in [0.05, 0.1) is 6.10 Å². The SMILES string of the molecule is C=C/C=C\C/C=C(\ON)c1ccc(N2CCC(O)CC2)cc1. The molecule has 118 valence electrons. The molecule has 4 nitrogen and oxygen atoms in total. The molecule has 0 spiro atoms. The maximum atomic E-state index is 9.57. The minimum atomic E-state index is -0.153. The van der Waals surface area contributed by atoms with Crippen molar-refractivity contribution in [3.63, 3.8) is 0 Å². The number of piperidine rings is 1. The molecule has 0 aromatic heterocycles. The predicted molar refractivity (Wildman–Crippen MR) is 91.1 cm³/mol. The van der Waals surface area contributed by atoms with Gasteiger partial charge < -0.3 is 14.8 Å². The molecule has 1 heterocycles. The molecule has 0 radical (unpaired) electrons. The van der Waals surface area contributed by atoms with Crippen molar-refractivity contribution < 1.29 is 9.94 Å². The van der Waals surface area contributed by atoms with Gasteiger partial charge in [0.15, 0.2) is 0 Å². The van der Waals surface area contributed by atoms with Gasteiger partial charge in [-0.05, 0) is 49.6 Å². The molecule has 1 saturated heterocycles. The number of nitrogens with zero attached hydrogens (tertiary/aromatic N) is 1. The van der Waals surface area contributed by atoms with Crippen molar-refractivity contribution >= 4 is 11.4 Å². The topological polar surface area (TPSA) is 58.7 Å². The Kier molecular flexibility index (Phi) is 6.25. The average molecular weight is 300 g/mol. The lowest BCUT2D eigenvalue weighted by atomic mass is 10.1. The Morgan fingerprint density at radius 1 is 1.32 bits per heavy atom. The molecular formula is C18H24N2O2. The molecule has 3 N–H and O–H groups in total. The van der Waals surface area contributed by atoms with E-state index in [1.54, 1.807) is 6.08 Å². The molecule has 0 bridgehead atoms. The predicted octanol–water partition coefficient (Wildman–Crippen LogP) is 3.01. The largest absolute Gasteiger partial charge is 0.411 e. The maximum absolute atomic E-state index is 9.57. The minimum Gasteiger partial charge on any atom is -0.411 e. The second-order valence-electron chi connectivity index (χ2n) is 5.35. The maximum Gasteiger partial charge on any atom is 0.150 e. The minimum absolute atomic E-state index is 0.153. The molecule has 0 amide bonds. The van der Waals surface area contributed by atoms with E-state index in [1.165, 1.54) is 5.69 Å². The van der Waals surface area contributed by atoms with Crippen LogP contribution in [0, 0.1) is 0 Å². The summed E-state index contributed by atoms with van der Waals surface area (Å²) in [6.07, 6.45) is 9.79. The van der Waals surface area contributed by atoms with E-state index in [-0.39, 0.29) is 6.10 Å². The van der Waals surface area contributed by atoms with Gasteiger partial charge in [0.25, 0.3) is 0 Å². The van der Waals surface area contributed by atoms with Gasteiger partial charge in [0.2, 0.25) is 0 Å². The third kappa shape index (κ3) is 4.48. The summed E-state index contributed by atoms with van der Waals surface area (Å²) in [5.74, 6) is 6.03. The molecule has 1 aliphatic rings. The molecule has 2 rings (SSSR count). The first-order valence-electron chi connectivity index (χ1n) is 7.62. The van der Waals surface area contributed by atoms with Crippen molar-refractivity contribution in [3.8, 4) is 0 Å². The molecule has 1 aromatic rings. The van der Waals surface area contributed by atoms with Crippen LogP contribution in [-0.4, -0.2) is 24.3 Å². The highest BCUT2D eigenvalue weighted by Gasteiger charge is 2.17. The number of benzene rings is 1. The van der Waals surface area contributed by atoms with E-state index in [1.807, 2.05) is 30.4 Å². The molecule has 22 heavy (non-hydrogen) atoms. The van der Waals surface area contributed by atoms with Crippen molar-refractivity contribution in [3.05, 3.63) is 60.7 Å². The Morgan fingerprint density at radius 3 is 2.59 bits per heavy atom. The van der Waals surface area contributed by atoms with Crippen LogP contribution in [0.2, 0.25) is 0 Å². The number of hydrogen-bond acceptors (Lipinski definition) is 4.